The summed E-state index contributed by atoms with van der Waals surface area (Å²) >= 11 is 0. The maximum absolute atomic E-state index is 6.20. The summed E-state index contributed by atoms with van der Waals surface area (Å²) in [5.74, 6) is 1.08. The van der Waals surface area contributed by atoms with E-state index in [2.05, 4.69) is 36.2 Å². The highest BCUT2D eigenvalue weighted by Crippen LogP contribution is 2.25. The van der Waals surface area contributed by atoms with E-state index < -0.39 is 0 Å². The van der Waals surface area contributed by atoms with Crippen molar-refractivity contribution in [3.05, 3.63) is 29.8 Å². The Morgan fingerprint density at radius 3 is 2.68 bits per heavy atom. The fourth-order valence-electron chi connectivity index (χ4n) is 3.99. The van der Waals surface area contributed by atoms with Gasteiger partial charge >= 0.3 is 0 Å². The van der Waals surface area contributed by atoms with Gasteiger partial charge in [-0.2, -0.15) is 0 Å². The number of benzene rings is 1. The van der Waals surface area contributed by atoms with E-state index in [4.69, 9.17) is 4.74 Å². The number of rotatable bonds is 5. The fraction of sp³-hybridized carbons (Fsp3) is 0.700. The Labute approximate surface area is 135 Å². The first-order chi connectivity index (χ1) is 10.8. The Morgan fingerprint density at radius 2 is 1.86 bits per heavy atom. The second kappa shape index (κ2) is 8.01. The molecular formula is C20H31NO. The summed E-state index contributed by atoms with van der Waals surface area (Å²) in [6.45, 7) is 1.27. The highest BCUT2D eigenvalue weighted by Gasteiger charge is 2.18. The molecule has 1 unspecified atom stereocenters. The van der Waals surface area contributed by atoms with Crippen LogP contribution in [0.2, 0.25) is 0 Å². The predicted octanol–water partition coefficient (Wildman–Crippen LogP) is 4.82. The van der Waals surface area contributed by atoms with Crippen LogP contribution in [0.1, 0.15) is 63.4 Å². The number of hydrogen-bond acceptors (Lipinski definition) is 2. The lowest BCUT2D eigenvalue weighted by Gasteiger charge is -2.32. The maximum Gasteiger partial charge on any atom is 0.119 e. The molecule has 0 spiro atoms. The van der Waals surface area contributed by atoms with Crippen molar-refractivity contribution in [1.82, 2.24) is 4.90 Å². The van der Waals surface area contributed by atoms with E-state index in [0.717, 1.165) is 11.8 Å². The summed E-state index contributed by atoms with van der Waals surface area (Å²) < 4.78 is 6.20. The van der Waals surface area contributed by atoms with E-state index in [1.165, 1.54) is 76.3 Å². The number of nitrogens with zero attached hydrogens (tertiary/aromatic N) is 1. The monoisotopic (exact) mass is 301 g/mol. The molecule has 2 aliphatic rings. The first-order valence-corrected chi connectivity index (χ1v) is 9.27. The lowest BCUT2D eigenvalue weighted by atomic mass is 9.96. The molecule has 1 aromatic rings. The van der Waals surface area contributed by atoms with Gasteiger partial charge in [-0.1, -0.05) is 25.0 Å². The van der Waals surface area contributed by atoms with Gasteiger partial charge in [-0.05, 0) is 82.7 Å². The molecule has 3 rings (SSSR count). The molecule has 1 heterocycles. The summed E-state index contributed by atoms with van der Waals surface area (Å²) in [6, 6.07) is 9.60. The molecule has 2 nitrogen and oxygen atoms in total. The molecule has 2 heteroatoms. The summed E-state index contributed by atoms with van der Waals surface area (Å²) in [5, 5.41) is 0. The second-order valence-corrected chi connectivity index (χ2v) is 7.19. The van der Waals surface area contributed by atoms with Crippen molar-refractivity contribution in [3.63, 3.8) is 0 Å². The van der Waals surface area contributed by atoms with Gasteiger partial charge in [0.1, 0.15) is 5.75 Å². The van der Waals surface area contributed by atoms with Crippen LogP contribution in [0, 0.1) is 0 Å². The Morgan fingerprint density at radius 1 is 1.05 bits per heavy atom. The van der Waals surface area contributed by atoms with E-state index in [9.17, 15) is 0 Å². The molecule has 1 saturated heterocycles. The van der Waals surface area contributed by atoms with Crippen LogP contribution in [0.3, 0.4) is 0 Å². The molecule has 0 bridgehead atoms. The molecule has 1 aliphatic carbocycles. The third-order valence-corrected chi connectivity index (χ3v) is 5.44. The fourth-order valence-corrected chi connectivity index (χ4v) is 3.99. The SMILES string of the molecule is CN1CCCCC1CCc1cccc(OC2CCCCC2)c1. The topological polar surface area (TPSA) is 12.5 Å². The minimum absolute atomic E-state index is 0.452. The van der Waals surface area contributed by atoms with Gasteiger partial charge in [0.25, 0.3) is 0 Å². The van der Waals surface area contributed by atoms with Crippen LogP contribution in [0.15, 0.2) is 24.3 Å². The summed E-state index contributed by atoms with van der Waals surface area (Å²) in [5.41, 5.74) is 1.44. The lowest BCUT2D eigenvalue weighted by molar-refractivity contribution is 0.154. The van der Waals surface area contributed by atoms with Crippen LogP contribution in [-0.4, -0.2) is 30.6 Å². The van der Waals surface area contributed by atoms with Crippen molar-refractivity contribution in [1.29, 1.82) is 0 Å². The Hall–Kier alpha value is -1.02. The zero-order valence-corrected chi connectivity index (χ0v) is 14.1. The van der Waals surface area contributed by atoms with Gasteiger partial charge in [0.2, 0.25) is 0 Å². The third kappa shape index (κ3) is 4.49. The molecule has 0 amide bonds. The normalized spacial score (nSPS) is 24.3. The van der Waals surface area contributed by atoms with Gasteiger partial charge < -0.3 is 9.64 Å². The van der Waals surface area contributed by atoms with Crippen molar-refractivity contribution in [2.24, 2.45) is 0 Å². The zero-order valence-electron chi connectivity index (χ0n) is 14.1. The third-order valence-electron chi connectivity index (χ3n) is 5.44. The van der Waals surface area contributed by atoms with Gasteiger partial charge in [-0.25, -0.2) is 0 Å². The Balaban J connectivity index is 1.52. The van der Waals surface area contributed by atoms with Crippen molar-refractivity contribution in [2.45, 2.75) is 76.4 Å². The number of ether oxygens (including phenoxy) is 1. The van der Waals surface area contributed by atoms with Gasteiger partial charge in [-0.15, -0.1) is 0 Å². The van der Waals surface area contributed by atoms with Crippen molar-refractivity contribution >= 4 is 0 Å². The van der Waals surface area contributed by atoms with E-state index >= 15 is 0 Å². The van der Waals surface area contributed by atoms with Crippen LogP contribution in [0.25, 0.3) is 0 Å². The highest BCUT2D eigenvalue weighted by atomic mass is 16.5. The predicted molar refractivity (Wildman–Crippen MR) is 92.5 cm³/mol. The molecule has 22 heavy (non-hydrogen) atoms. The Kier molecular flexibility index (Phi) is 5.77. The van der Waals surface area contributed by atoms with Crippen LogP contribution in [0.5, 0.6) is 5.75 Å². The average molecular weight is 301 g/mol. The van der Waals surface area contributed by atoms with Gasteiger partial charge in [-0.3, -0.25) is 0 Å². The van der Waals surface area contributed by atoms with Crippen LogP contribution in [0.4, 0.5) is 0 Å². The molecule has 2 fully saturated rings. The maximum atomic E-state index is 6.20. The first kappa shape index (κ1) is 15.9. The number of hydrogen-bond donors (Lipinski definition) is 0. The van der Waals surface area contributed by atoms with Crippen LogP contribution in [-0.2, 0) is 6.42 Å². The first-order valence-electron chi connectivity index (χ1n) is 9.27. The molecule has 122 valence electrons. The molecule has 0 aromatic heterocycles. The van der Waals surface area contributed by atoms with Crippen LogP contribution < -0.4 is 4.74 Å². The molecule has 0 radical (unpaired) electrons. The van der Waals surface area contributed by atoms with Crippen molar-refractivity contribution in [3.8, 4) is 5.75 Å². The van der Waals surface area contributed by atoms with Gasteiger partial charge in [0, 0.05) is 6.04 Å². The molecule has 1 aromatic carbocycles. The van der Waals surface area contributed by atoms with E-state index in [1.807, 2.05) is 0 Å². The highest BCUT2D eigenvalue weighted by molar-refractivity contribution is 5.29. The largest absolute Gasteiger partial charge is 0.490 e. The number of likely N-dealkylation sites (tertiary alicyclic amines) is 1. The molecule has 1 aliphatic heterocycles. The second-order valence-electron chi connectivity index (χ2n) is 7.19. The molecule has 0 N–H and O–H groups in total. The van der Waals surface area contributed by atoms with Gasteiger partial charge in [0.05, 0.1) is 6.10 Å². The van der Waals surface area contributed by atoms with E-state index in [1.54, 1.807) is 0 Å². The van der Waals surface area contributed by atoms with E-state index in [0.29, 0.717) is 6.10 Å². The average Bonchev–Trinajstić information content (AvgIpc) is 2.55. The summed E-state index contributed by atoms with van der Waals surface area (Å²) in [6.07, 6.45) is 13.6. The van der Waals surface area contributed by atoms with E-state index in [-0.39, 0.29) is 0 Å². The summed E-state index contributed by atoms with van der Waals surface area (Å²) in [4.78, 5) is 2.55. The van der Waals surface area contributed by atoms with Gasteiger partial charge in [0.15, 0.2) is 0 Å². The number of piperidine rings is 1. The number of aryl methyl sites for hydroxylation is 1. The van der Waals surface area contributed by atoms with Crippen molar-refractivity contribution < 1.29 is 4.74 Å². The molecule has 1 saturated carbocycles. The Bertz CT molecular complexity index is 453. The molecular weight excluding hydrogens is 270 g/mol. The summed E-state index contributed by atoms with van der Waals surface area (Å²) in [7, 11) is 2.28. The van der Waals surface area contributed by atoms with Crippen molar-refractivity contribution in [2.75, 3.05) is 13.6 Å². The minimum Gasteiger partial charge on any atom is -0.490 e. The molecule has 1 atom stereocenters. The quantitative estimate of drug-likeness (QED) is 0.773. The smallest absolute Gasteiger partial charge is 0.119 e. The van der Waals surface area contributed by atoms with Crippen LogP contribution >= 0.6 is 0 Å². The lowest BCUT2D eigenvalue weighted by Crippen LogP contribution is -2.36. The zero-order chi connectivity index (χ0) is 15.2. The minimum atomic E-state index is 0.452. The standard InChI is InChI=1S/C20H31NO/c1-21-15-6-5-9-18(21)14-13-17-8-7-12-20(16-17)22-19-10-3-2-4-11-19/h7-8,12,16,18-19H,2-6,9-11,13-15H2,1H3.